The van der Waals surface area contributed by atoms with Crippen LogP contribution in [0.2, 0.25) is 0 Å². The minimum atomic E-state index is 0.769. The van der Waals surface area contributed by atoms with Crippen LogP contribution in [-0.4, -0.2) is 4.98 Å². The van der Waals surface area contributed by atoms with Gasteiger partial charge in [-0.15, -0.1) is 11.3 Å². The quantitative estimate of drug-likeness (QED) is 0.798. The SMILES string of the molecule is CCc1ccc(-c2ncc(CS)s2)cc1. The fourth-order valence-electron chi connectivity index (χ4n) is 1.40. The molecule has 1 aromatic carbocycles. The van der Waals surface area contributed by atoms with Gasteiger partial charge >= 0.3 is 0 Å². The fourth-order valence-corrected chi connectivity index (χ4v) is 2.45. The Morgan fingerprint density at radius 2 is 2.00 bits per heavy atom. The van der Waals surface area contributed by atoms with Crippen LogP contribution in [0.3, 0.4) is 0 Å². The minimum Gasteiger partial charge on any atom is -0.244 e. The molecule has 0 aliphatic carbocycles. The molecule has 0 amide bonds. The number of rotatable bonds is 3. The molecule has 0 atom stereocenters. The fraction of sp³-hybridized carbons (Fsp3) is 0.250. The van der Waals surface area contributed by atoms with E-state index in [-0.39, 0.29) is 0 Å². The lowest BCUT2D eigenvalue weighted by Crippen LogP contribution is -1.79. The van der Waals surface area contributed by atoms with Gasteiger partial charge in [0.15, 0.2) is 0 Å². The predicted octanol–water partition coefficient (Wildman–Crippen LogP) is 3.80. The van der Waals surface area contributed by atoms with E-state index >= 15 is 0 Å². The molecule has 0 saturated carbocycles. The van der Waals surface area contributed by atoms with Crippen molar-refractivity contribution in [2.75, 3.05) is 0 Å². The van der Waals surface area contributed by atoms with Crippen LogP contribution in [0.1, 0.15) is 17.4 Å². The van der Waals surface area contributed by atoms with Crippen molar-refractivity contribution < 1.29 is 0 Å². The van der Waals surface area contributed by atoms with Crippen LogP contribution in [0.15, 0.2) is 30.5 Å². The van der Waals surface area contributed by atoms with Crippen molar-refractivity contribution in [3.05, 3.63) is 40.9 Å². The molecule has 78 valence electrons. The summed E-state index contributed by atoms with van der Waals surface area (Å²) in [4.78, 5) is 5.60. The standard InChI is InChI=1S/C12H13NS2/c1-2-9-3-5-10(6-4-9)12-13-7-11(8-14)15-12/h3-7,14H,2,8H2,1H3. The van der Waals surface area contributed by atoms with Crippen molar-refractivity contribution >= 4 is 24.0 Å². The Hall–Kier alpha value is -0.800. The zero-order valence-corrected chi connectivity index (χ0v) is 10.3. The topological polar surface area (TPSA) is 12.9 Å². The van der Waals surface area contributed by atoms with Crippen LogP contribution in [0.25, 0.3) is 10.6 Å². The zero-order valence-electron chi connectivity index (χ0n) is 8.60. The van der Waals surface area contributed by atoms with Crippen LogP contribution >= 0.6 is 24.0 Å². The average Bonchev–Trinajstić information content (AvgIpc) is 2.78. The highest BCUT2D eigenvalue weighted by Crippen LogP contribution is 2.26. The molecule has 0 spiro atoms. The number of thiazole rings is 1. The molecular formula is C12H13NS2. The number of hydrogen-bond donors (Lipinski definition) is 1. The van der Waals surface area contributed by atoms with Crippen LogP contribution in [0.5, 0.6) is 0 Å². The van der Waals surface area contributed by atoms with Gasteiger partial charge in [-0.2, -0.15) is 12.6 Å². The monoisotopic (exact) mass is 235 g/mol. The van der Waals surface area contributed by atoms with Gasteiger partial charge in [-0.05, 0) is 12.0 Å². The first-order valence-corrected chi connectivity index (χ1v) is 6.43. The smallest absolute Gasteiger partial charge is 0.123 e. The van der Waals surface area contributed by atoms with E-state index in [4.69, 9.17) is 0 Å². The number of aryl methyl sites for hydroxylation is 1. The summed E-state index contributed by atoms with van der Waals surface area (Å²) in [6, 6.07) is 8.61. The molecule has 0 N–H and O–H groups in total. The van der Waals surface area contributed by atoms with Gasteiger partial charge in [0.05, 0.1) is 0 Å². The highest BCUT2D eigenvalue weighted by molar-refractivity contribution is 7.79. The van der Waals surface area contributed by atoms with Gasteiger partial charge in [0.25, 0.3) is 0 Å². The van der Waals surface area contributed by atoms with Gasteiger partial charge in [0.2, 0.25) is 0 Å². The summed E-state index contributed by atoms with van der Waals surface area (Å²) in [5.74, 6) is 0.769. The first-order chi connectivity index (χ1) is 7.33. The van der Waals surface area contributed by atoms with E-state index in [0.29, 0.717) is 0 Å². The van der Waals surface area contributed by atoms with Gasteiger partial charge in [0, 0.05) is 22.4 Å². The van der Waals surface area contributed by atoms with E-state index in [1.807, 2.05) is 6.20 Å². The molecule has 0 unspecified atom stereocenters. The Bertz CT molecular complexity index is 431. The van der Waals surface area contributed by atoms with Crippen molar-refractivity contribution in [3.8, 4) is 10.6 Å². The van der Waals surface area contributed by atoms with Crippen molar-refractivity contribution in [1.29, 1.82) is 0 Å². The molecule has 3 heteroatoms. The van der Waals surface area contributed by atoms with Crippen molar-refractivity contribution in [2.45, 2.75) is 19.1 Å². The Labute approximate surface area is 99.6 Å². The zero-order chi connectivity index (χ0) is 10.7. The van der Waals surface area contributed by atoms with Crippen molar-refractivity contribution in [2.24, 2.45) is 0 Å². The molecule has 0 aliphatic rings. The summed E-state index contributed by atoms with van der Waals surface area (Å²) in [6.45, 7) is 2.16. The highest BCUT2D eigenvalue weighted by Gasteiger charge is 2.03. The van der Waals surface area contributed by atoms with E-state index in [1.54, 1.807) is 11.3 Å². The molecule has 0 radical (unpaired) electrons. The highest BCUT2D eigenvalue weighted by atomic mass is 32.1. The Balaban J connectivity index is 2.28. The van der Waals surface area contributed by atoms with E-state index in [1.165, 1.54) is 16.0 Å². The summed E-state index contributed by atoms with van der Waals surface area (Å²) in [5.41, 5.74) is 2.56. The van der Waals surface area contributed by atoms with Crippen LogP contribution < -0.4 is 0 Å². The Morgan fingerprint density at radius 3 is 2.53 bits per heavy atom. The van der Waals surface area contributed by atoms with Crippen LogP contribution in [0.4, 0.5) is 0 Å². The summed E-state index contributed by atoms with van der Waals surface area (Å²) >= 11 is 5.95. The second-order valence-electron chi connectivity index (χ2n) is 3.34. The second-order valence-corrected chi connectivity index (χ2v) is 4.77. The van der Waals surface area contributed by atoms with E-state index in [0.717, 1.165) is 17.2 Å². The molecule has 2 rings (SSSR count). The molecule has 1 heterocycles. The predicted molar refractivity (Wildman–Crippen MR) is 69.6 cm³/mol. The van der Waals surface area contributed by atoms with Gasteiger partial charge in [-0.3, -0.25) is 0 Å². The third-order valence-corrected chi connectivity index (χ3v) is 3.92. The maximum atomic E-state index is 4.38. The molecule has 0 saturated heterocycles. The molecule has 15 heavy (non-hydrogen) atoms. The largest absolute Gasteiger partial charge is 0.244 e. The number of benzene rings is 1. The minimum absolute atomic E-state index is 0.769. The Kier molecular flexibility index (Phi) is 3.44. The lowest BCUT2D eigenvalue weighted by molar-refractivity contribution is 1.14. The van der Waals surface area contributed by atoms with Crippen molar-refractivity contribution in [1.82, 2.24) is 4.98 Å². The van der Waals surface area contributed by atoms with E-state index < -0.39 is 0 Å². The first-order valence-electron chi connectivity index (χ1n) is 4.98. The normalized spacial score (nSPS) is 10.5. The summed E-state index contributed by atoms with van der Waals surface area (Å²) in [6.07, 6.45) is 2.99. The van der Waals surface area contributed by atoms with Gasteiger partial charge in [-0.1, -0.05) is 31.2 Å². The molecule has 1 aromatic heterocycles. The van der Waals surface area contributed by atoms with E-state index in [2.05, 4.69) is 48.8 Å². The van der Waals surface area contributed by atoms with Crippen molar-refractivity contribution in [3.63, 3.8) is 0 Å². The lowest BCUT2D eigenvalue weighted by atomic mass is 10.1. The summed E-state index contributed by atoms with van der Waals surface area (Å²) in [7, 11) is 0. The summed E-state index contributed by atoms with van der Waals surface area (Å²) in [5, 5.41) is 1.08. The third-order valence-electron chi connectivity index (χ3n) is 2.32. The average molecular weight is 235 g/mol. The third kappa shape index (κ3) is 2.41. The Morgan fingerprint density at radius 1 is 1.27 bits per heavy atom. The number of thiol groups is 1. The first kappa shape index (κ1) is 10.7. The van der Waals surface area contributed by atoms with Gasteiger partial charge in [-0.25, -0.2) is 4.98 Å². The van der Waals surface area contributed by atoms with E-state index in [9.17, 15) is 0 Å². The number of nitrogens with zero attached hydrogens (tertiary/aromatic N) is 1. The lowest BCUT2D eigenvalue weighted by Gasteiger charge is -1.98. The molecule has 0 fully saturated rings. The molecule has 1 nitrogen and oxygen atoms in total. The molecule has 0 aliphatic heterocycles. The molecule has 0 bridgehead atoms. The molecular weight excluding hydrogens is 222 g/mol. The summed E-state index contributed by atoms with van der Waals surface area (Å²) < 4.78 is 0. The maximum Gasteiger partial charge on any atom is 0.123 e. The van der Waals surface area contributed by atoms with Gasteiger partial charge < -0.3 is 0 Å². The maximum absolute atomic E-state index is 4.38. The number of aromatic nitrogens is 1. The molecule has 2 aromatic rings. The van der Waals surface area contributed by atoms with Gasteiger partial charge in [0.1, 0.15) is 5.01 Å². The van der Waals surface area contributed by atoms with Crippen LogP contribution in [-0.2, 0) is 12.2 Å². The van der Waals surface area contributed by atoms with Crippen LogP contribution in [0, 0.1) is 0 Å². The second kappa shape index (κ2) is 4.81. The number of hydrogen-bond acceptors (Lipinski definition) is 3.